The fraction of sp³-hybridized carbons (Fsp3) is 0.500. The Kier molecular flexibility index (Phi) is 9.38. The first-order chi connectivity index (χ1) is 12.7. The number of pyridine rings is 1. The quantitative estimate of drug-likeness (QED) is 0.410. The number of aromatic nitrogens is 1. The smallest absolute Gasteiger partial charge is 1.00 e. The molecule has 2 aromatic rings. The van der Waals surface area contributed by atoms with Crippen molar-refractivity contribution in [3.8, 4) is 5.75 Å². The minimum Gasteiger partial charge on any atom is -1.00 e. The molecule has 0 bridgehead atoms. The van der Waals surface area contributed by atoms with Gasteiger partial charge in [0.25, 0.3) is 0 Å². The van der Waals surface area contributed by atoms with Crippen LogP contribution in [-0.4, -0.2) is 36.3 Å². The van der Waals surface area contributed by atoms with Crippen molar-refractivity contribution in [3.63, 3.8) is 0 Å². The van der Waals surface area contributed by atoms with E-state index in [1.165, 1.54) is 49.0 Å². The molecule has 1 aromatic heterocycles. The Hall–Kier alpha value is -0.500. The zero-order chi connectivity index (χ0) is 17.9. The van der Waals surface area contributed by atoms with Crippen molar-refractivity contribution in [2.45, 2.75) is 44.9 Å². The van der Waals surface area contributed by atoms with Crippen LogP contribution in [0, 0.1) is 6.92 Å². The molecule has 1 N–H and O–H groups in total. The third-order valence-electron chi connectivity index (χ3n) is 5.82. The second-order valence-corrected chi connectivity index (χ2v) is 7.75. The van der Waals surface area contributed by atoms with Gasteiger partial charge >= 0.3 is 29.6 Å². The summed E-state index contributed by atoms with van der Waals surface area (Å²) in [5.74, 6) is 2.13. The number of nitrogens with zero attached hydrogens (tertiary/aromatic N) is 3. The van der Waals surface area contributed by atoms with Crippen molar-refractivity contribution in [2.24, 2.45) is 0 Å². The van der Waals surface area contributed by atoms with E-state index in [0.29, 0.717) is 11.7 Å². The molecule has 2 aliphatic rings. The summed E-state index contributed by atoms with van der Waals surface area (Å²) >= 11 is 0. The van der Waals surface area contributed by atoms with Crippen LogP contribution in [-0.2, 0) is 0 Å². The molecule has 4 rings (SSSR count). The van der Waals surface area contributed by atoms with Crippen LogP contribution in [0.2, 0.25) is 0 Å². The SMILES string of the molecule is Cc1cc(C2CCCCC2)nc(N2CCN(c3ccc(O)cc3)CC2)c1.[I-].[Na+]. The molecule has 2 heterocycles. The maximum absolute atomic E-state index is 9.47. The van der Waals surface area contributed by atoms with Gasteiger partial charge in [-0.05, 0) is 61.7 Å². The van der Waals surface area contributed by atoms with Gasteiger partial charge in [-0.2, -0.15) is 0 Å². The van der Waals surface area contributed by atoms with Crippen molar-refractivity contribution in [1.82, 2.24) is 4.98 Å². The largest absolute Gasteiger partial charge is 1.00 e. The predicted molar refractivity (Wildman–Crippen MR) is 107 cm³/mol. The molecule has 0 amide bonds. The molecule has 2 fully saturated rings. The second-order valence-electron chi connectivity index (χ2n) is 7.75. The Labute approximate surface area is 208 Å². The van der Waals surface area contributed by atoms with E-state index in [-0.39, 0.29) is 53.5 Å². The Morgan fingerprint density at radius 3 is 2.14 bits per heavy atom. The first-order valence-electron chi connectivity index (χ1n) is 9.96. The normalized spacial score (nSPS) is 17.6. The number of rotatable bonds is 3. The Morgan fingerprint density at radius 2 is 1.50 bits per heavy atom. The Balaban J connectivity index is 0.00000140. The van der Waals surface area contributed by atoms with Gasteiger partial charge in [0.15, 0.2) is 0 Å². The molecular weight excluding hydrogens is 472 g/mol. The van der Waals surface area contributed by atoms with Crippen LogP contribution in [0.4, 0.5) is 11.5 Å². The van der Waals surface area contributed by atoms with Gasteiger partial charge in [-0.1, -0.05) is 19.3 Å². The summed E-state index contributed by atoms with van der Waals surface area (Å²) in [6.07, 6.45) is 6.67. The summed E-state index contributed by atoms with van der Waals surface area (Å²) in [5.41, 5.74) is 3.82. The summed E-state index contributed by atoms with van der Waals surface area (Å²) in [5, 5.41) is 9.47. The molecule has 1 aromatic carbocycles. The summed E-state index contributed by atoms with van der Waals surface area (Å²) in [7, 11) is 0. The van der Waals surface area contributed by atoms with Gasteiger partial charge in [0.05, 0.1) is 0 Å². The third kappa shape index (κ3) is 5.77. The molecule has 0 unspecified atom stereocenters. The van der Waals surface area contributed by atoms with Gasteiger partial charge in [0, 0.05) is 43.5 Å². The number of halogens is 1. The average molecular weight is 501 g/mol. The molecule has 1 saturated carbocycles. The van der Waals surface area contributed by atoms with Gasteiger partial charge in [-0.15, -0.1) is 0 Å². The fourth-order valence-electron chi connectivity index (χ4n) is 4.30. The van der Waals surface area contributed by atoms with Crippen LogP contribution in [0.3, 0.4) is 0 Å². The van der Waals surface area contributed by atoms with Crippen LogP contribution in [0.1, 0.15) is 49.3 Å². The zero-order valence-electron chi connectivity index (χ0n) is 17.1. The van der Waals surface area contributed by atoms with Crippen molar-refractivity contribution < 1.29 is 58.6 Å². The number of hydrogen-bond acceptors (Lipinski definition) is 4. The van der Waals surface area contributed by atoms with Crippen molar-refractivity contribution in [2.75, 3.05) is 36.0 Å². The van der Waals surface area contributed by atoms with Crippen molar-refractivity contribution in [1.29, 1.82) is 0 Å². The maximum Gasteiger partial charge on any atom is 1.00 e. The minimum atomic E-state index is 0. The summed E-state index contributed by atoms with van der Waals surface area (Å²) in [6, 6.07) is 12.1. The molecule has 4 nitrogen and oxygen atoms in total. The molecule has 28 heavy (non-hydrogen) atoms. The number of hydrogen-bond donors (Lipinski definition) is 1. The van der Waals surface area contributed by atoms with Crippen LogP contribution < -0.4 is 63.3 Å². The summed E-state index contributed by atoms with van der Waals surface area (Å²) in [4.78, 5) is 9.87. The molecule has 0 atom stereocenters. The van der Waals surface area contributed by atoms with Crippen LogP contribution >= 0.6 is 0 Å². The van der Waals surface area contributed by atoms with E-state index in [9.17, 15) is 5.11 Å². The van der Waals surface area contributed by atoms with E-state index in [1.54, 1.807) is 12.1 Å². The van der Waals surface area contributed by atoms with Crippen LogP contribution in [0.5, 0.6) is 5.75 Å². The molecule has 1 aliphatic heterocycles. The molecule has 146 valence electrons. The Morgan fingerprint density at radius 1 is 0.893 bits per heavy atom. The van der Waals surface area contributed by atoms with E-state index >= 15 is 0 Å². The number of aromatic hydroxyl groups is 1. The Bertz CT molecular complexity index is 742. The molecule has 0 spiro atoms. The number of aryl methyl sites for hydroxylation is 1. The molecule has 0 radical (unpaired) electrons. The summed E-state index contributed by atoms with van der Waals surface area (Å²) in [6.45, 7) is 6.14. The maximum atomic E-state index is 9.47. The summed E-state index contributed by atoms with van der Waals surface area (Å²) < 4.78 is 0. The second kappa shape index (κ2) is 11.0. The zero-order valence-corrected chi connectivity index (χ0v) is 21.2. The number of piperazine rings is 1. The number of anilines is 2. The van der Waals surface area contributed by atoms with Gasteiger partial charge in [0.2, 0.25) is 0 Å². The number of phenolic OH excluding ortho intramolecular Hbond substituents is 1. The monoisotopic (exact) mass is 501 g/mol. The van der Waals surface area contributed by atoms with Crippen LogP contribution in [0.15, 0.2) is 36.4 Å². The predicted octanol–water partition coefficient (Wildman–Crippen LogP) is -1.52. The standard InChI is InChI=1S/C22H29N3O.HI.Na/c1-17-15-21(18-5-3-2-4-6-18)23-22(16-17)25-13-11-24(12-14-25)19-7-9-20(26)10-8-19;;/h7-10,15-16,18,26H,2-6,11-14H2,1H3;1H;/q;;+1/p-1. The van der Waals surface area contributed by atoms with Crippen molar-refractivity contribution in [3.05, 3.63) is 47.7 Å². The van der Waals surface area contributed by atoms with Gasteiger partial charge in [0.1, 0.15) is 11.6 Å². The van der Waals surface area contributed by atoms with Crippen LogP contribution in [0.25, 0.3) is 0 Å². The van der Waals surface area contributed by atoms with E-state index in [1.807, 2.05) is 12.1 Å². The van der Waals surface area contributed by atoms with E-state index < -0.39 is 0 Å². The number of benzene rings is 1. The molecule has 1 aliphatic carbocycles. The molecule has 6 heteroatoms. The molecule has 1 saturated heterocycles. The van der Waals surface area contributed by atoms with Gasteiger partial charge in [-0.25, -0.2) is 4.98 Å². The minimum absolute atomic E-state index is 0. The fourth-order valence-corrected chi connectivity index (χ4v) is 4.30. The first-order valence-corrected chi connectivity index (χ1v) is 9.96. The van der Waals surface area contributed by atoms with E-state index in [2.05, 4.69) is 28.9 Å². The first kappa shape index (κ1) is 23.8. The van der Waals surface area contributed by atoms with Crippen molar-refractivity contribution >= 4 is 11.5 Å². The van der Waals surface area contributed by atoms with E-state index in [0.717, 1.165) is 32.0 Å². The van der Waals surface area contributed by atoms with Gasteiger partial charge < -0.3 is 38.9 Å². The average Bonchev–Trinajstić information content (AvgIpc) is 2.69. The third-order valence-corrected chi connectivity index (χ3v) is 5.82. The topological polar surface area (TPSA) is 39.6 Å². The van der Waals surface area contributed by atoms with E-state index in [4.69, 9.17) is 4.98 Å². The van der Waals surface area contributed by atoms with Gasteiger partial charge in [-0.3, -0.25) is 0 Å². The number of phenols is 1. The molecular formula is C22H29IN3NaO.